The molecule has 2 saturated carbocycles. The molecule has 1 aromatic rings. The number of hydrogen-bond acceptors (Lipinski definition) is 2. The molecule has 2 atom stereocenters. The van der Waals surface area contributed by atoms with E-state index in [-0.39, 0.29) is 5.60 Å². The summed E-state index contributed by atoms with van der Waals surface area (Å²) in [5, 5.41) is 0. The van der Waals surface area contributed by atoms with Gasteiger partial charge < -0.3 is 4.74 Å². The molecular formula is C15H18O2. The summed E-state index contributed by atoms with van der Waals surface area (Å²) < 4.78 is 6.16. The van der Waals surface area contributed by atoms with Gasteiger partial charge in [-0.25, -0.2) is 0 Å². The van der Waals surface area contributed by atoms with Gasteiger partial charge in [-0.15, -0.1) is 0 Å². The summed E-state index contributed by atoms with van der Waals surface area (Å²) in [5.41, 5.74) is -0.195. The first-order valence-corrected chi connectivity index (χ1v) is 6.52. The quantitative estimate of drug-likeness (QED) is 0.778. The maximum atomic E-state index is 11.8. The lowest BCUT2D eigenvalue weighted by Gasteiger charge is -2.44. The third-order valence-electron chi connectivity index (χ3n) is 4.02. The Morgan fingerprint density at radius 3 is 2.88 bits per heavy atom. The maximum Gasteiger partial charge on any atom is 0.137 e. The number of Topliss-reactive ketones (excluding diaryl/α,β-unsaturated/α-hetero) is 1. The number of benzene rings is 1. The minimum absolute atomic E-state index is 0.195. The van der Waals surface area contributed by atoms with Gasteiger partial charge >= 0.3 is 0 Å². The molecule has 2 bridgehead atoms. The van der Waals surface area contributed by atoms with Gasteiger partial charge in [0.1, 0.15) is 17.1 Å². The van der Waals surface area contributed by atoms with Crippen LogP contribution in [0.4, 0.5) is 0 Å². The molecule has 90 valence electrons. The van der Waals surface area contributed by atoms with Crippen molar-refractivity contribution >= 4 is 5.78 Å². The van der Waals surface area contributed by atoms with Crippen LogP contribution in [-0.4, -0.2) is 11.4 Å². The summed E-state index contributed by atoms with van der Waals surface area (Å²) in [6, 6.07) is 9.92. The van der Waals surface area contributed by atoms with Crippen LogP contribution in [0.1, 0.15) is 38.5 Å². The van der Waals surface area contributed by atoms with Gasteiger partial charge in [0, 0.05) is 12.8 Å². The van der Waals surface area contributed by atoms with Crippen LogP contribution in [0.3, 0.4) is 0 Å². The molecular weight excluding hydrogens is 212 g/mol. The van der Waals surface area contributed by atoms with E-state index < -0.39 is 0 Å². The summed E-state index contributed by atoms with van der Waals surface area (Å²) >= 11 is 0. The van der Waals surface area contributed by atoms with Gasteiger partial charge in [0.2, 0.25) is 0 Å². The van der Waals surface area contributed by atoms with Crippen LogP contribution in [0.15, 0.2) is 30.3 Å². The highest BCUT2D eigenvalue weighted by atomic mass is 16.5. The summed E-state index contributed by atoms with van der Waals surface area (Å²) in [4.78, 5) is 11.8. The van der Waals surface area contributed by atoms with Crippen molar-refractivity contribution in [2.45, 2.75) is 44.1 Å². The van der Waals surface area contributed by atoms with Crippen molar-refractivity contribution in [1.29, 1.82) is 0 Å². The average Bonchev–Trinajstić information content (AvgIpc) is 2.28. The minimum Gasteiger partial charge on any atom is -0.487 e. The molecule has 1 aromatic carbocycles. The van der Waals surface area contributed by atoms with E-state index in [1.807, 2.05) is 30.3 Å². The second kappa shape index (κ2) is 4.17. The Kier molecular flexibility index (Phi) is 2.65. The predicted octanol–water partition coefficient (Wildman–Crippen LogP) is 3.36. The van der Waals surface area contributed by atoms with E-state index in [4.69, 9.17) is 4.74 Å². The maximum absolute atomic E-state index is 11.8. The molecule has 2 aliphatic carbocycles. The van der Waals surface area contributed by atoms with Gasteiger partial charge in [-0.1, -0.05) is 18.2 Å². The molecule has 0 N–H and O–H groups in total. The van der Waals surface area contributed by atoms with E-state index in [9.17, 15) is 4.79 Å². The van der Waals surface area contributed by atoms with E-state index in [0.29, 0.717) is 18.1 Å². The van der Waals surface area contributed by atoms with Gasteiger partial charge in [0.15, 0.2) is 0 Å². The van der Waals surface area contributed by atoms with Gasteiger partial charge in [-0.3, -0.25) is 4.79 Å². The zero-order chi connectivity index (χ0) is 11.7. The number of ketones is 1. The number of para-hydroxylation sites is 1. The van der Waals surface area contributed by atoms with Gasteiger partial charge in [0.05, 0.1) is 0 Å². The fraction of sp³-hybridized carbons (Fsp3) is 0.533. The molecule has 2 unspecified atom stereocenters. The molecule has 3 rings (SSSR count). The van der Waals surface area contributed by atoms with Crippen LogP contribution in [0.25, 0.3) is 0 Å². The normalized spacial score (nSPS) is 32.2. The monoisotopic (exact) mass is 230 g/mol. The second-order valence-corrected chi connectivity index (χ2v) is 5.48. The Morgan fingerprint density at radius 2 is 2.06 bits per heavy atom. The summed E-state index contributed by atoms with van der Waals surface area (Å²) in [5.74, 6) is 1.86. The zero-order valence-electron chi connectivity index (χ0n) is 10.0. The highest BCUT2D eigenvalue weighted by Crippen LogP contribution is 2.43. The molecule has 2 nitrogen and oxygen atoms in total. The van der Waals surface area contributed by atoms with E-state index >= 15 is 0 Å². The lowest BCUT2D eigenvalue weighted by molar-refractivity contribution is -0.131. The molecule has 2 heteroatoms. The van der Waals surface area contributed by atoms with Crippen molar-refractivity contribution in [2.75, 3.05) is 0 Å². The Morgan fingerprint density at radius 1 is 1.24 bits per heavy atom. The molecule has 2 aliphatic rings. The average molecular weight is 230 g/mol. The van der Waals surface area contributed by atoms with E-state index in [0.717, 1.165) is 25.0 Å². The standard InChI is InChI=1S/C15H18O2/c16-13-9-12-5-4-8-15(10-12,11-13)17-14-6-2-1-3-7-14/h1-3,6-7,12H,4-5,8-11H2. The van der Waals surface area contributed by atoms with Crippen molar-refractivity contribution in [2.24, 2.45) is 5.92 Å². The first-order valence-electron chi connectivity index (χ1n) is 6.52. The van der Waals surface area contributed by atoms with Crippen molar-refractivity contribution in [3.05, 3.63) is 30.3 Å². The minimum atomic E-state index is -0.195. The Bertz CT molecular complexity index is 412. The molecule has 0 aliphatic heterocycles. The van der Waals surface area contributed by atoms with Crippen LogP contribution in [0, 0.1) is 5.92 Å². The lowest BCUT2D eigenvalue weighted by atomic mass is 9.68. The van der Waals surface area contributed by atoms with E-state index in [1.54, 1.807) is 0 Å². The summed E-state index contributed by atoms with van der Waals surface area (Å²) in [7, 11) is 0. The smallest absolute Gasteiger partial charge is 0.137 e. The topological polar surface area (TPSA) is 26.3 Å². The number of carbonyl (C=O) groups is 1. The molecule has 0 aromatic heterocycles. The highest BCUT2D eigenvalue weighted by molar-refractivity contribution is 5.81. The lowest BCUT2D eigenvalue weighted by Crippen LogP contribution is -2.47. The molecule has 0 radical (unpaired) electrons. The van der Waals surface area contributed by atoms with E-state index in [1.165, 1.54) is 12.8 Å². The second-order valence-electron chi connectivity index (χ2n) is 5.48. The summed E-state index contributed by atoms with van der Waals surface area (Å²) in [6.07, 6.45) is 5.88. The molecule has 2 fully saturated rings. The van der Waals surface area contributed by atoms with Crippen molar-refractivity contribution in [1.82, 2.24) is 0 Å². The number of rotatable bonds is 2. The molecule has 17 heavy (non-hydrogen) atoms. The number of hydrogen-bond donors (Lipinski definition) is 0. The highest BCUT2D eigenvalue weighted by Gasteiger charge is 2.44. The Labute approximate surface area is 102 Å². The molecule has 0 heterocycles. The fourth-order valence-corrected chi connectivity index (χ4v) is 3.40. The van der Waals surface area contributed by atoms with Gasteiger partial charge in [-0.2, -0.15) is 0 Å². The SMILES string of the molecule is O=C1CC2CCCC(Oc3ccccc3)(C1)C2. The van der Waals surface area contributed by atoms with Gasteiger partial charge in [-0.05, 0) is 43.7 Å². The number of carbonyl (C=O) groups excluding carboxylic acids is 1. The van der Waals surface area contributed by atoms with E-state index in [2.05, 4.69) is 0 Å². The first kappa shape index (κ1) is 10.8. The first-order chi connectivity index (χ1) is 8.26. The predicted molar refractivity (Wildman–Crippen MR) is 66.0 cm³/mol. The van der Waals surface area contributed by atoms with Crippen molar-refractivity contribution < 1.29 is 9.53 Å². The number of ether oxygens (including phenoxy) is 1. The Balaban J connectivity index is 1.82. The fourth-order valence-electron chi connectivity index (χ4n) is 3.40. The molecule has 0 spiro atoms. The number of fused-ring (bicyclic) bond motifs is 2. The Hall–Kier alpha value is -1.31. The van der Waals surface area contributed by atoms with Crippen LogP contribution in [0.2, 0.25) is 0 Å². The zero-order valence-corrected chi connectivity index (χ0v) is 10.0. The molecule has 0 amide bonds. The van der Waals surface area contributed by atoms with Crippen LogP contribution < -0.4 is 4.74 Å². The summed E-state index contributed by atoms with van der Waals surface area (Å²) in [6.45, 7) is 0. The molecule has 0 saturated heterocycles. The van der Waals surface area contributed by atoms with Crippen LogP contribution in [0.5, 0.6) is 5.75 Å². The third kappa shape index (κ3) is 2.21. The van der Waals surface area contributed by atoms with Crippen LogP contribution >= 0.6 is 0 Å². The van der Waals surface area contributed by atoms with Crippen molar-refractivity contribution in [3.8, 4) is 5.75 Å². The van der Waals surface area contributed by atoms with Crippen molar-refractivity contribution in [3.63, 3.8) is 0 Å². The van der Waals surface area contributed by atoms with Gasteiger partial charge in [0.25, 0.3) is 0 Å². The largest absolute Gasteiger partial charge is 0.487 e. The third-order valence-corrected chi connectivity index (χ3v) is 4.02. The van der Waals surface area contributed by atoms with Crippen LogP contribution in [-0.2, 0) is 4.79 Å².